The van der Waals surface area contributed by atoms with Crippen molar-refractivity contribution in [1.82, 2.24) is 30.1 Å². The number of aromatic nitrogens is 3. The maximum absolute atomic E-state index is 14.5. The maximum Gasteiger partial charge on any atom is 0.225 e. The topological polar surface area (TPSA) is 98.4 Å². The van der Waals surface area contributed by atoms with Crippen molar-refractivity contribution in [3.63, 3.8) is 0 Å². The van der Waals surface area contributed by atoms with Crippen LogP contribution < -0.4 is 15.4 Å². The number of nitrogens with zero attached hydrogens (tertiary/aromatic N) is 4. The van der Waals surface area contributed by atoms with Gasteiger partial charge in [-0.1, -0.05) is 18.6 Å². The summed E-state index contributed by atoms with van der Waals surface area (Å²) in [6.07, 6.45) is 12.4. The van der Waals surface area contributed by atoms with Crippen LogP contribution in [0, 0.1) is 11.7 Å². The Morgan fingerprint density at radius 3 is 2.76 bits per heavy atom. The van der Waals surface area contributed by atoms with E-state index in [4.69, 9.17) is 9.72 Å². The van der Waals surface area contributed by atoms with E-state index in [9.17, 15) is 9.18 Å². The molecule has 198 valence electrons. The van der Waals surface area contributed by atoms with Gasteiger partial charge in [0.05, 0.1) is 24.3 Å². The first kappa shape index (κ1) is 24.4. The standard InChI is InChI=1S/C28H32FN7O2/c1-38-25-16-21(22(29)17-30-25)20-7-8-23-24(15-20)33-27(32-23)34-28(9-2-3-10-31-28)18-35-11-13-36(14-12-35)26(37)19-5-4-6-19/h2-3,7-10,15-17,19,31H,4-6,11-14,18H2,1H3,(H2,32,33,34). The van der Waals surface area contributed by atoms with Gasteiger partial charge in [0.2, 0.25) is 17.7 Å². The Kier molecular flexibility index (Phi) is 6.49. The lowest BCUT2D eigenvalue weighted by Gasteiger charge is -2.42. The summed E-state index contributed by atoms with van der Waals surface area (Å²) >= 11 is 0. The summed E-state index contributed by atoms with van der Waals surface area (Å²) < 4.78 is 19.7. The minimum atomic E-state index is -0.573. The molecular weight excluding hydrogens is 485 g/mol. The molecule has 3 aromatic rings. The second kappa shape index (κ2) is 10.1. The lowest BCUT2D eigenvalue weighted by atomic mass is 9.84. The Labute approximate surface area is 220 Å². The van der Waals surface area contributed by atoms with Crippen molar-refractivity contribution in [2.45, 2.75) is 24.9 Å². The number of allylic oxidation sites excluding steroid dienone is 2. The summed E-state index contributed by atoms with van der Waals surface area (Å²) in [5.74, 6) is 1.12. The third kappa shape index (κ3) is 4.83. The highest BCUT2D eigenvalue weighted by molar-refractivity contribution is 5.84. The number of ether oxygens (including phenoxy) is 1. The number of imidazole rings is 1. The van der Waals surface area contributed by atoms with Gasteiger partial charge in [-0.05, 0) is 48.9 Å². The molecule has 4 heterocycles. The fourth-order valence-corrected chi connectivity index (χ4v) is 5.33. The smallest absolute Gasteiger partial charge is 0.225 e. The number of hydrogen-bond acceptors (Lipinski definition) is 7. The molecule has 1 saturated heterocycles. The van der Waals surface area contributed by atoms with Crippen LogP contribution >= 0.6 is 0 Å². The highest BCUT2D eigenvalue weighted by Crippen LogP contribution is 2.30. The molecule has 0 radical (unpaired) electrons. The molecule has 3 aliphatic rings. The minimum absolute atomic E-state index is 0.244. The van der Waals surface area contributed by atoms with Gasteiger partial charge in [0.25, 0.3) is 0 Å². The second-order valence-electron chi connectivity index (χ2n) is 10.2. The number of benzene rings is 1. The third-order valence-corrected chi connectivity index (χ3v) is 7.71. The molecule has 6 rings (SSSR count). The number of hydrogen-bond donors (Lipinski definition) is 3. The molecule has 1 saturated carbocycles. The Morgan fingerprint density at radius 2 is 2.05 bits per heavy atom. The van der Waals surface area contributed by atoms with Gasteiger partial charge < -0.3 is 25.3 Å². The predicted molar refractivity (Wildman–Crippen MR) is 144 cm³/mol. The highest BCUT2D eigenvalue weighted by atomic mass is 19.1. The summed E-state index contributed by atoms with van der Waals surface area (Å²) in [4.78, 5) is 29.1. The first-order chi connectivity index (χ1) is 18.5. The van der Waals surface area contributed by atoms with Gasteiger partial charge in [0.15, 0.2) is 0 Å². The Hall–Kier alpha value is -3.92. The zero-order valence-electron chi connectivity index (χ0n) is 21.4. The molecule has 1 unspecified atom stereocenters. The van der Waals surface area contributed by atoms with Crippen LogP contribution in [0.25, 0.3) is 22.2 Å². The summed E-state index contributed by atoms with van der Waals surface area (Å²) in [5, 5.41) is 7.02. The fraction of sp³-hybridized carbons (Fsp3) is 0.393. The van der Waals surface area contributed by atoms with Crippen LogP contribution in [0.3, 0.4) is 0 Å². The van der Waals surface area contributed by atoms with E-state index in [-0.39, 0.29) is 5.92 Å². The molecular formula is C28H32FN7O2. The van der Waals surface area contributed by atoms with Crippen LogP contribution in [0.2, 0.25) is 0 Å². The van der Waals surface area contributed by atoms with E-state index in [0.29, 0.717) is 35.4 Å². The van der Waals surface area contributed by atoms with Crippen molar-refractivity contribution in [2.24, 2.45) is 5.92 Å². The lowest BCUT2D eigenvalue weighted by molar-refractivity contribution is -0.140. The van der Waals surface area contributed by atoms with Gasteiger partial charge in [-0.15, -0.1) is 0 Å². The monoisotopic (exact) mass is 517 g/mol. The van der Waals surface area contributed by atoms with Crippen molar-refractivity contribution < 1.29 is 13.9 Å². The molecule has 10 heteroatoms. The van der Waals surface area contributed by atoms with Crippen LogP contribution in [0.4, 0.5) is 10.3 Å². The van der Waals surface area contributed by atoms with Crippen molar-refractivity contribution in [3.8, 4) is 17.0 Å². The maximum atomic E-state index is 14.5. The van der Waals surface area contributed by atoms with Gasteiger partial charge in [-0.3, -0.25) is 9.69 Å². The number of piperazine rings is 1. The van der Waals surface area contributed by atoms with E-state index in [1.807, 2.05) is 41.5 Å². The Morgan fingerprint density at radius 1 is 1.21 bits per heavy atom. The average Bonchev–Trinajstić information content (AvgIpc) is 3.30. The van der Waals surface area contributed by atoms with Crippen molar-refractivity contribution in [3.05, 3.63) is 60.7 Å². The number of pyridine rings is 1. The Bertz CT molecular complexity index is 1390. The van der Waals surface area contributed by atoms with Crippen LogP contribution in [-0.2, 0) is 4.79 Å². The molecule has 2 aliphatic heterocycles. The molecule has 1 aromatic carbocycles. The van der Waals surface area contributed by atoms with Gasteiger partial charge in [0.1, 0.15) is 11.5 Å². The second-order valence-corrected chi connectivity index (χ2v) is 10.2. The van der Waals surface area contributed by atoms with Crippen LogP contribution in [0.5, 0.6) is 5.88 Å². The summed E-state index contributed by atoms with van der Waals surface area (Å²) in [5.41, 5.74) is 2.10. The van der Waals surface area contributed by atoms with Gasteiger partial charge >= 0.3 is 0 Å². The molecule has 9 nitrogen and oxygen atoms in total. The molecule has 3 N–H and O–H groups in total. The average molecular weight is 518 g/mol. The number of aromatic amines is 1. The number of H-pyrrole nitrogens is 1. The van der Waals surface area contributed by atoms with E-state index in [1.165, 1.54) is 19.7 Å². The summed E-state index contributed by atoms with van der Waals surface area (Å²) in [7, 11) is 1.51. The molecule has 2 fully saturated rings. The zero-order valence-corrected chi connectivity index (χ0v) is 21.4. The van der Waals surface area contributed by atoms with E-state index < -0.39 is 11.5 Å². The third-order valence-electron chi connectivity index (χ3n) is 7.71. The SMILES string of the molecule is COc1cc(-c2ccc3nc(NC4(CN5CCN(C(=O)C6CCC6)CC5)C=CC=CN4)[nH]c3c2)c(F)cn1. The van der Waals surface area contributed by atoms with Crippen LogP contribution in [0.1, 0.15) is 19.3 Å². The Balaban J connectivity index is 1.18. The van der Waals surface area contributed by atoms with Crippen molar-refractivity contribution in [1.29, 1.82) is 0 Å². The van der Waals surface area contributed by atoms with E-state index >= 15 is 0 Å². The molecule has 0 bridgehead atoms. The number of halogens is 1. The van der Waals surface area contributed by atoms with Gasteiger partial charge in [-0.2, -0.15) is 0 Å². The number of nitrogens with one attached hydrogen (secondary N) is 3. The summed E-state index contributed by atoms with van der Waals surface area (Å²) in [6.45, 7) is 3.87. The first-order valence-electron chi connectivity index (χ1n) is 13.1. The number of carbonyl (C=O) groups excluding carboxylic acids is 1. The minimum Gasteiger partial charge on any atom is -0.481 e. The number of amides is 1. The van der Waals surface area contributed by atoms with E-state index in [2.05, 4.69) is 31.6 Å². The molecule has 1 amide bonds. The van der Waals surface area contributed by atoms with Crippen molar-refractivity contribution >= 4 is 22.9 Å². The normalized spacial score (nSPS) is 21.8. The largest absolute Gasteiger partial charge is 0.481 e. The number of dihydropyridines is 1. The number of carbonyl (C=O) groups is 1. The quantitative estimate of drug-likeness (QED) is 0.441. The zero-order chi connectivity index (χ0) is 26.1. The first-order valence-corrected chi connectivity index (χ1v) is 13.1. The van der Waals surface area contributed by atoms with Crippen molar-refractivity contribution in [2.75, 3.05) is 45.2 Å². The number of fused-ring (bicyclic) bond motifs is 1. The number of methoxy groups -OCH3 is 1. The molecule has 0 spiro atoms. The fourth-order valence-electron chi connectivity index (χ4n) is 5.33. The molecule has 1 aliphatic carbocycles. The molecule has 1 atom stereocenters. The summed E-state index contributed by atoms with van der Waals surface area (Å²) in [6, 6.07) is 7.17. The highest BCUT2D eigenvalue weighted by Gasteiger charge is 2.35. The van der Waals surface area contributed by atoms with Crippen LogP contribution in [0.15, 0.2) is 54.9 Å². The number of rotatable bonds is 7. The number of anilines is 1. The molecule has 38 heavy (non-hydrogen) atoms. The van der Waals surface area contributed by atoms with Gasteiger partial charge in [-0.25, -0.2) is 14.4 Å². The molecule has 2 aromatic heterocycles. The lowest BCUT2D eigenvalue weighted by Crippen LogP contribution is -2.60. The van der Waals surface area contributed by atoms with E-state index in [1.54, 1.807) is 6.07 Å². The van der Waals surface area contributed by atoms with Crippen LogP contribution in [-0.4, -0.2) is 76.2 Å². The van der Waals surface area contributed by atoms with E-state index in [0.717, 1.165) is 50.1 Å². The predicted octanol–water partition coefficient (Wildman–Crippen LogP) is 3.50. The van der Waals surface area contributed by atoms with Gasteiger partial charge in [0, 0.05) is 50.3 Å².